The normalized spacial score (nSPS) is 17.4. The lowest BCUT2D eigenvalue weighted by Crippen LogP contribution is -2.50. The Bertz CT molecular complexity index is 799. The van der Waals surface area contributed by atoms with Crippen LogP contribution in [0.5, 0.6) is 0 Å². The highest BCUT2D eigenvalue weighted by molar-refractivity contribution is 5.95. The van der Waals surface area contributed by atoms with Gasteiger partial charge in [0.2, 0.25) is 0 Å². The molecule has 2 heterocycles. The van der Waals surface area contributed by atoms with E-state index in [9.17, 15) is 9.59 Å². The fourth-order valence-corrected chi connectivity index (χ4v) is 3.39. The van der Waals surface area contributed by atoms with Crippen molar-refractivity contribution in [3.8, 4) is 0 Å². The van der Waals surface area contributed by atoms with Gasteiger partial charge in [0.25, 0.3) is 11.8 Å². The number of carbonyl (C=O) groups excluding carboxylic acids is 2. The maximum atomic E-state index is 12.6. The lowest BCUT2D eigenvalue weighted by Gasteiger charge is -2.34. The first-order valence-electron chi connectivity index (χ1n) is 9.38. The molecule has 0 bridgehead atoms. The predicted molar refractivity (Wildman–Crippen MR) is 98.2 cm³/mol. The van der Waals surface area contributed by atoms with Gasteiger partial charge in [0.1, 0.15) is 5.69 Å². The Labute approximate surface area is 153 Å². The Morgan fingerprint density at radius 3 is 2.23 bits per heavy atom. The molecule has 2 amide bonds. The molecule has 4 rings (SSSR count). The third kappa shape index (κ3) is 3.36. The molecule has 6 nitrogen and oxygen atoms in total. The summed E-state index contributed by atoms with van der Waals surface area (Å²) in [5.41, 5.74) is 3.49. The molecule has 1 saturated heterocycles. The molecule has 1 aliphatic carbocycles. The molecule has 1 aromatic heterocycles. The number of hydrogen-bond donors (Lipinski definition) is 1. The fourth-order valence-electron chi connectivity index (χ4n) is 3.39. The number of nitrogens with zero attached hydrogens (tertiary/aromatic N) is 3. The number of amides is 2. The molecule has 0 spiro atoms. The van der Waals surface area contributed by atoms with Crippen molar-refractivity contribution < 1.29 is 9.59 Å². The van der Waals surface area contributed by atoms with Crippen molar-refractivity contribution in [2.75, 3.05) is 26.2 Å². The molecule has 136 valence electrons. The highest BCUT2D eigenvalue weighted by Crippen LogP contribution is 2.39. The molecular weight excluding hydrogens is 328 g/mol. The molecule has 2 aromatic rings. The van der Waals surface area contributed by atoms with Gasteiger partial charge in [-0.1, -0.05) is 19.1 Å². The van der Waals surface area contributed by atoms with Crippen molar-refractivity contribution in [2.24, 2.45) is 0 Å². The van der Waals surface area contributed by atoms with E-state index in [2.05, 4.69) is 17.1 Å². The average molecular weight is 352 g/mol. The Morgan fingerprint density at radius 1 is 1.04 bits per heavy atom. The summed E-state index contributed by atoms with van der Waals surface area (Å²) in [5, 5.41) is 7.16. The number of H-pyrrole nitrogens is 1. The summed E-state index contributed by atoms with van der Waals surface area (Å²) in [6.45, 7) is 4.30. The summed E-state index contributed by atoms with van der Waals surface area (Å²) >= 11 is 0. The van der Waals surface area contributed by atoms with Crippen LogP contribution in [0, 0.1) is 0 Å². The first-order valence-corrected chi connectivity index (χ1v) is 9.38. The van der Waals surface area contributed by atoms with Crippen molar-refractivity contribution in [1.82, 2.24) is 20.0 Å². The number of nitrogens with one attached hydrogen (secondary N) is 1. The van der Waals surface area contributed by atoms with Crippen LogP contribution < -0.4 is 0 Å². The molecule has 0 unspecified atom stereocenters. The smallest absolute Gasteiger partial charge is 0.274 e. The molecule has 1 N–H and O–H groups in total. The third-order valence-corrected chi connectivity index (χ3v) is 5.30. The van der Waals surface area contributed by atoms with Crippen LogP contribution in [0.15, 0.2) is 30.3 Å². The van der Waals surface area contributed by atoms with E-state index >= 15 is 0 Å². The highest BCUT2D eigenvalue weighted by atomic mass is 16.2. The Balaban J connectivity index is 1.35. The molecule has 1 aliphatic heterocycles. The Morgan fingerprint density at radius 2 is 1.65 bits per heavy atom. The van der Waals surface area contributed by atoms with Gasteiger partial charge in [0, 0.05) is 43.4 Å². The molecular formula is C20H24N4O2. The quantitative estimate of drug-likeness (QED) is 0.919. The van der Waals surface area contributed by atoms with Gasteiger partial charge in [0.05, 0.1) is 0 Å². The minimum Gasteiger partial charge on any atom is -0.335 e. The molecule has 0 atom stereocenters. The van der Waals surface area contributed by atoms with Gasteiger partial charge in [-0.25, -0.2) is 0 Å². The van der Waals surface area contributed by atoms with Crippen molar-refractivity contribution >= 4 is 11.8 Å². The van der Waals surface area contributed by atoms with Crippen LogP contribution >= 0.6 is 0 Å². The molecule has 2 fully saturated rings. The summed E-state index contributed by atoms with van der Waals surface area (Å²) in [6.07, 6.45) is 3.32. The largest absolute Gasteiger partial charge is 0.335 e. The average Bonchev–Trinajstić information content (AvgIpc) is 3.44. The highest BCUT2D eigenvalue weighted by Gasteiger charge is 2.29. The van der Waals surface area contributed by atoms with Crippen molar-refractivity contribution in [3.63, 3.8) is 0 Å². The van der Waals surface area contributed by atoms with Crippen molar-refractivity contribution in [1.29, 1.82) is 0 Å². The lowest BCUT2D eigenvalue weighted by molar-refractivity contribution is 0.0532. The molecule has 1 saturated carbocycles. The molecule has 26 heavy (non-hydrogen) atoms. The van der Waals surface area contributed by atoms with Gasteiger partial charge in [-0.15, -0.1) is 0 Å². The van der Waals surface area contributed by atoms with E-state index < -0.39 is 0 Å². The predicted octanol–water partition coefficient (Wildman–Crippen LogP) is 2.45. The van der Waals surface area contributed by atoms with E-state index in [1.165, 1.54) is 18.4 Å². The number of rotatable bonds is 4. The first-order chi connectivity index (χ1) is 12.7. The summed E-state index contributed by atoms with van der Waals surface area (Å²) in [7, 11) is 0. The minimum absolute atomic E-state index is 0.0375. The number of carbonyl (C=O) groups is 2. The zero-order valence-corrected chi connectivity index (χ0v) is 15.1. The standard InChI is InChI=1S/C20H24N4O2/c1-2-14-3-5-16(6-4-14)19(25)23-9-11-24(12-10-23)20(26)18-13-17(21-22-18)15-7-8-15/h3-6,13,15H,2,7-12H2,1H3,(H,21,22). The van der Waals surface area contributed by atoms with Crippen LogP contribution in [0.4, 0.5) is 0 Å². The zero-order valence-electron chi connectivity index (χ0n) is 15.1. The summed E-state index contributed by atoms with van der Waals surface area (Å²) in [6, 6.07) is 9.67. The van der Waals surface area contributed by atoms with Crippen molar-refractivity contribution in [2.45, 2.75) is 32.1 Å². The SMILES string of the molecule is CCc1ccc(C(=O)N2CCN(C(=O)c3cc(C4CC4)[nH]n3)CC2)cc1. The number of benzene rings is 1. The van der Waals surface area contributed by atoms with Gasteiger partial charge in [0.15, 0.2) is 0 Å². The maximum absolute atomic E-state index is 12.6. The topological polar surface area (TPSA) is 69.3 Å². The van der Waals surface area contributed by atoms with Crippen molar-refractivity contribution in [3.05, 3.63) is 52.8 Å². The molecule has 6 heteroatoms. The van der Waals surface area contributed by atoms with Crippen LogP contribution in [0.25, 0.3) is 0 Å². The number of aromatic amines is 1. The van der Waals surface area contributed by atoms with Gasteiger partial charge in [-0.2, -0.15) is 5.10 Å². The van der Waals surface area contributed by atoms with Crippen LogP contribution in [0.3, 0.4) is 0 Å². The second-order valence-corrected chi connectivity index (χ2v) is 7.12. The number of hydrogen-bond acceptors (Lipinski definition) is 3. The third-order valence-electron chi connectivity index (χ3n) is 5.30. The van der Waals surface area contributed by atoms with Crippen LogP contribution in [-0.4, -0.2) is 58.0 Å². The molecule has 2 aliphatic rings. The van der Waals surface area contributed by atoms with Gasteiger partial charge < -0.3 is 9.80 Å². The van der Waals surface area contributed by atoms with E-state index in [1.54, 1.807) is 4.90 Å². The number of aryl methyl sites for hydroxylation is 1. The maximum Gasteiger partial charge on any atom is 0.274 e. The first kappa shape index (κ1) is 16.8. The molecule has 0 radical (unpaired) electrons. The fraction of sp³-hybridized carbons (Fsp3) is 0.450. The van der Waals surface area contributed by atoms with Gasteiger partial charge in [-0.05, 0) is 43.0 Å². The van der Waals surface area contributed by atoms with Gasteiger partial charge >= 0.3 is 0 Å². The monoisotopic (exact) mass is 352 g/mol. The number of aromatic nitrogens is 2. The summed E-state index contributed by atoms with van der Waals surface area (Å²) in [5.74, 6) is 0.542. The summed E-state index contributed by atoms with van der Waals surface area (Å²) in [4.78, 5) is 28.9. The van der Waals surface area contributed by atoms with Gasteiger partial charge in [-0.3, -0.25) is 14.7 Å². The van der Waals surface area contributed by atoms with E-state index in [0.717, 1.165) is 12.1 Å². The second-order valence-electron chi connectivity index (χ2n) is 7.12. The zero-order chi connectivity index (χ0) is 18.1. The minimum atomic E-state index is -0.0486. The Kier molecular flexibility index (Phi) is 4.49. The van der Waals surface area contributed by atoms with Crippen LogP contribution in [0.2, 0.25) is 0 Å². The van der Waals surface area contributed by atoms with Crippen LogP contribution in [0.1, 0.15) is 57.8 Å². The van der Waals surface area contributed by atoms with Crippen LogP contribution in [-0.2, 0) is 6.42 Å². The second kappa shape index (κ2) is 6.94. The van der Waals surface area contributed by atoms with E-state index in [1.807, 2.05) is 35.2 Å². The van der Waals surface area contributed by atoms with E-state index in [0.29, 0.717) is 43.4 Å². The van der Waals surface area contributed by atoms with E-state index in [4.69, 9.17) is 0 Å². The summed E-state index contributed by atoms with van der Waals surface area (Å²) < 4.78 is 0. The number of piperazine rings is 1. The lowest BCUT2D eigenvalue weighted by atomic mass is 10.1. The molecule has 1 aromatic carbocycles. The Hall–Kier alpha value is -2.63. The van der Waals surface area contributed by atoms with E-state index in [-0.39, 0.29) is 11.8 Å².